The van der Waals surface area contributed by atoms with Gasteiger partial charge in [0.2, 0.25) is 11.8 Å². The molecule has 2 aromatic rings. The van der Waals surface area contributed by atoms with Crippen LogP contribution < -0.4 is 10.2 Å². The predicted molar refractivity (Wildman–Crippen MR) is 124 cm³/mol. The molecule has 3 amide bonds. The molecule has 1 N–H and O–H groups in total. The van der Waals surface area contributed by atoms with Crippen molar-refractivity contribution in [1.82, 2.24) is 0 Å². The number of ether oxygens (including phenoxy) is 1. The molecule has 4 rings (SSSR count). The Kier molecular flexibility index (Phi) is 6.40. The van der Waals surface area contributed by atoms with Gasteiger partial charge >= 0.3 is 5.97 Å². The van der Waals surface area contributed by atoms with Gasteiger partial charge in [-0.15, -0.1) is 0 Å². The quantitative estimate of drug-likeness (QED) is 0.405. The lowest BCUT2D eigenvalue weighted by atomic mass is 9.82. The number of hydrogen-bond donors (Lipinski definition) is 1. The van der Waals surface area contributed by atoms with Gasteiger partial charge in [-0.3, -0.25) is 14.4 Å². The molecular formula is C26H26N2O5. The summed E-state index contributed by atoms with van der Waals surface area (Å²) in [5.74, 6) is -2.14. The Morgan fingerprint density at radius 3 is 2.45 bits per heavy atom. The van der Waals surface area contributed by atoms with Crippen LogP contribution in [-0.4, -0.2) is 30.3 Å². The number of nitrogens with one attached hydrogen (secondary N) is 1. The van der Waals surface area contributed by atoms with Gasteiger partial charge in [0, 0.05) is 5.69 Å². The highest BCUT2D eigenvalue weighted by Crippen LogP contribution is 2.40. The monoisotopic (exact) mass is 446 g/mol. The van der Waals surface area contributed by atoms with Crippen molar-refractivity contribution in [3.8, 4) is 0 Å². The van der Waals surface area contributed by atoms with Gasteiger partial charge in [0.25, 0.3) is 5.91 Å². The number of amides is 3. The minimum Gasteiger partial charge on any atom is -0.462 e. The molecule has 1 aliphatic carbocycles. The topological polar surface area (TPSA) is 92.8 Å². The van der Waals surface area contributed by atoms with E-state index in [1.807, 2.05) is 19.9 Å². The second-order valence-electron chi connectivity index (χ2n) is 8.40. The van der Waals surface area contributed by atoms with Crippen molar-refractivity contribution >= 4 is 35.1 Å². The fourth-order valence-corrected chi connectivity index (χ4v) is 4.30. The molecule has 1 heterocycles. The second kappa shape index (κ2) is 9.40. The number of para-hydroxylation sites is 1. The maximum atomic E-state index is 13.1. The van der Waals surface area contributed by atoms with Crippen LogP contribution in [-0.2, 0) is 14.3 Å². The molecular weight excluding hydrogens is 420 g/mol. The van der Waals surface area contributed by atoms with Crippen LogP contribution in [0.2, 0.25) is 0 Å². The summed E-state index contributed by atoms with van der Waals surface area (Å²) in [5, 5.41) is 2.78. The summed E-state index contributed by atoms with van der Waals surface area (Å²) in [5.41, 5.74) is 2.49. The van der Waals surface area contributed by atoms with Crippen molar-refractivity contribution in [2.24, 2.45) is 11.8 Å². The van der Waals surface area contributed by atoms with Crippen molar-refractivity contribution in [3.63, 3.8) is 0 Å². The molecule has 7 heteroatoms. The van der Waals surface area contributed by atoms with Crippen molar-refractivity contribution in [2.45, 2.75) is 33.1 Å². The van der Waals surface area contributed by atoms with Crippen LogP contribution in [0.1, 0.15) is 53.8 Å². The average Bonchev–Trinajstić information content (AvgIpc) is 3.07. The molecule has 1 fully saturated rings. The van der Waals surface area contributed by atoms with E-state index in [0.717, 1.165) is 12.0 Å². The summed E-state index contributed by atoms with van der Waals surface area (Å²) in [6, 6.07) is 13.0. The SMILES string of the molecule is CCCOC(=O)c1ccc(NC(=O)c2ccccc2N2C(=O)[C@H]3CC(C)=CC[C@H]3C2=O)cc1. The Labute approximate surface area is 192 Å². The number of rotatable bonds is 6. The third kappa shape index (κ3) is 4.44. The van der Waals surface area contributed by atoms with E-state index < -0.39 is 11.9 Å². The molecule has 0 bridgehead atoms. The van der Waals surface area contributed by atoms with Gasteiger partial charge in [-0.1, -0.05) is 30.7 Å². The summed E-state index contributed by atoms with van der Waals surface area (Å²) in [6.07, 6.45) is 3.85. The molecule has 0 unspecified atom stereocenters. The maximum absolute atomic E-state index is 13.1. The first-order valence-corrected chi connectivity index (χ1v) is 11.1. The van der Waals surface area contributed by atoms with E-state index in [2.05, 4.69) is 5.32 Å². The van der Waals surface area contributed by atoms with Crippen LogP contribution in [0.25, 0.3) is 0 Å². The van der Waals surface area contributed by atoms with E-state index in [0.29, 0.717) is 30.7 Å². The number of carbonyl (C=O) groups excluding carboxylic acids is 4. The number of carbonyl (C=O) groups is 4. The summed E-state index contributed by atoms with van der Waals surface area (Å²) in [7, 11) is 0. The molecule has 33 heavy (non-hydrogen) atoms. The normalized spacial score (nSPS) is 19.7. The Balaban J connectivity index is 1.53. The number of hydrogen-bond acceptors (Lipinski definition) is 5. The number of allylic oxidation sites excluding steroid dienone is 2. The number of nitrogens with zero attached hydrogens (tertiary/aromatic N) is 1. The molecule has 7 nitrogen and oxygen atoms in total. The Morgan fingerprint density at radius 1 is 1.03 bits per heavy atom. The molecule has 0 radical (unpaired) electrons. The average molecular weight is 447 g/mol. The summed E-state index contributed by atoms with van der Waals surface area (Å²) >= 11 is 0. The van der Waals surface area contributed by atoms with Gasteiger partial charge in [-0.25, -0.2) is 9.69 Å². The highest BCUT2D eigenvalue weighted by molar-refractivity contribution is 6.25. The molecule has 0 saturated carbocycles. The Morgan fingerprint density at radius 2 is 1.73 bits per heavy atom. The van der Waals surface area contributed by atoms with Crippen molar-refractivity contribution in [3.05, 3.63) is 71.3 Å². The first-order valence-electron chi connectivity index (χ1n) is 11.1. The third-order valence-electron chi connectivity index (χ3n) is 6.03. The number of fused-ring (bicyclic) bond motifs is 1. The van der Waals surface area contributed by atoms with Gasteiger partial charge in [-0.2, -0.15) is 0 Å². The largest absolute Gasteiger partial charge is 0.462 e. The van der Waals surface area contributed by atoms with Crippen molar-refractivity contribution in [2.75, 3.05) is 16.8 Å². The summed E-state index contributed by atoms with van der Waals surface area (Å²) < 4.78 is 5.11. The fourth-order valence-electron chi connectivity index (χ4n) is 4.30. The van der Waals surface area contributed by atoms with Gasteiger partial charge in [0.1, 0.15) is 0 Å². The minimum atomic E-state index is -0.448. The lowest BCUT2D eigenvalue weighted by molar-refractivity contribution is -0.122. The Hall–Kier alpha value is -3.74. The molecule has 1 saturated heterocycles. The fraction of sp³-hybridized carbons (Fsp3) is 0.308. The molecule has 2 aliphatic rings. The molecule has 2 aromatic carbocycles. The second-order valence-corrected chi connectivity index (χ2v) is 8.40. The zero-order valence-electron chi connectivity index (χ0n) is 18.7. The number of imide groups is 1. The minimum absolute atomic E-state index is 0.231. The molecule has 0 spiro atoms. The van der Waals surface area contributed by atoms with E-state index in [-0.39, 0.29) is 34.9 Å². The van der Waals surface area contributed by atoms with E-state index in [9.17, 15) is 19.2 Å². The number of anilines is 2. The first kappa shape index (κ1) is 22.5. The molecule has 2 atom stereocenters. The van der Waals surface area contributed by atoms with Crippen molar-refractivity contribution < 1.29 is 23.9 Å². The molecule has 0 aromatic heterocycles. The van der Waals surface area contributed by atoms with Gasteiger partial charge in [-0.05, 0) is 62.6 Å². The predicted octanol–water partition coefficient (Wildman–Crippen LogP) is 4.35. The highest BCUT2D eigenvalue weighted by atomic mass is 16.5. The lowest BCUT2D eigenvalue weighted by Crippen LogP contribution is -2.33. The van der Waals surface area contributed by atoms with Gasteiger partial charge < -0.3 is 10.1 Å². The Bertz CT molecular complexity index is 1140. The van der Waals surface area contributed by atoms with Crippen LogP contribution in [0, 0.1) is 11.8 Å². The molecule has 1 aliphatic heterocycles. The smallest absolute Gasteiger partial charge is 0.338 e. The maximum Gasteiger partial charge on any atom is 0.338 e. The van der Waals surface area contributed by atoms with Crippen LogP contribution in [0.15, 0.2) is 60.2 Å². The van der Waals surface area contributed by atoms with Crippen LogP contribution in [0.5, 0.6) is 0 Å². The third-order valence-corrected chi connectivity index (χ3v) is 6.03. The summed E-state index contributed by atoms with van der Waals surface area (Å²) in [6.45, 7) is 4.23. The summed E-state index contributed by atoms with van der Waals surface area (Å²) in [4.78, 5) is 52.4. The van der Waals surface area contributed by atoms with E-state index in [4.69, 9.17) is 4.74 Å². The zero-order valence-corrected chi connectivity index (χ0v) is 18.7. The first-order chi connectivity index (χ1) is 15.9. The standard InChI is InChI=1S/C26H26N2O5/c1-3-14-33-26(32)17-9-11-18(12-10-17)27-23(29)20-6-4-5-7-22(20)28-24(30)19-13-8-16(2)15-21(19)25(28)31/h4-12,19,21H,3,13-15H2,1-2H3,(H,27,29)/t19-,21+/m1/s1. The van der Waals surface area contributed by atoms with E-state index >= 15 is 0 Å². The van der Waals surface area contributed by atoms with Crippen LogP contribution in [0.3, 0.4) is 0 Å². The van der Waals surface area contributed by atoms with Gasteiger partial charge in [0.15, 0.2) is 0 Å². The van der Waals surface area contributed by atoms with E-state index in [1.165, 1.54) is 4.90 Å². The number of esters is 1. The van der Waals surface area contributed by atoms with Gasteiger partial charge in [0.05, 0.1) is 35.3 Å². The lowest BCUT2D eigenvalue weighted by Gasteiger charge is -2.19. The van der Waals surface area contributed by atoms with Crippen LogP contribution >= 0.6 is 0 Å². The van der Waals surface area contributed by atoms with Crippen LogP contribution in [0.4, 0.5) is 11.4 Å². The van der Waals surface area contributed by atoms with E-state index in [1.54, 1.807) is 48.5 Å². The molecule has 170 valence electrons. The number of benzene rings is 2. The van der Waals surface area contributed by atoms with Crippen molar-refractivity contribution in [1.29, 1.82) is 0 Å². The zero-order chi connectivity index (χ0) is 23.5. The highest BCUT2D eigenvalue weighted by Gasteiger charge is 2.49.